The van der Waals surface area contributed by atoms with Crippen LogP contribution >= 0.6 is 23.1 Å². The third-order valence-electron chi connectivity index (χ3n) is 10.8. The summed E-state index contributed by atoms with van der Waals surface area (Å²) in [4.78, 5) is 6.04. The fraction of sp³-hybridized carbons (Fsp3) is 0.261. The molecule has 280 valence electrons. The number of rotatable bonds is 6. The molecule has 1 aromatic heterocycles. The van der Waals surface area contributed by atoms with Gasteiger partial charge in [0.25, 0.3) is 5.01 Å². The van der Waals surface area contributed by atoms with Crippen molar-refractivity contribution in [1.82, 2.24) is 0 Å². The van der Waals surface area contributed by atoms with Gasteiger partial charge in [-0.3, -0.25) is 0 Å². The normalized spacial score (nSPS) is 17.9. The number of benzene rings is 4. The number of hydrogen-bond donors (Lipinski definition) is 0. The molecule has 0 atom stereocenters. The molecule has 3 aliphatic heterocycles. The van der Waals surface area contributed by atoms with Crippen molar-refractivity contribution in [2.45, 2.75) is 63.8 Å². The van der Waals surface area contributed by atoms with Gasteiger partial charge >= 0.3 is 0 Å². The van der Waals surface area contributed by atoms with Crippen LogP contribution in [0.4, 0.5) is 17.1 Å². The smallest absolute Gasteiger partial charge is 0.262 e. The summed E-state index contributed by atoms with van der Waals surface area (Å²) in [7, 11) is 4.34. The van der Waals surface area contributed by atoms with Crippen LogP contribution in [0, 0.1) is 0 Å². The third kappa shape index (κ3) is 7.64. The highest BCUT2D eigenvalue weighted by Crippen LogP contribution is 2.47. The van der Waals surface area contributed by atoms with Gasteiger partial charge in [-0.05, 0) is 69.7 Å². The van der Waals surface area contributed by atoms with Gasteiger partial charge in [-0.25, -0.2) is 0 Å². The standard InChI is InChI=1S/C25H29N2.C21H21N2S2.2HI/c1-24(2)18-12-7-9-14-20(18)26(5)22(24)16-11-17-23-25(3,4)19-13-8-10-15-21(19)27(23)6;1-3-22-16-10-5-7-12-18(16)24-20(22)14-9-15-21-23(4-2)17-11-6-8-13-19(17)25-21;;/h7-17H,1-6H3;5-15H,3-4H2,1-2H3;2*1H/q2*+1;;/p-2. The van der Waals surface area contributed by atoms with E-state index in [4.69, 9.17) is 0 Å². The van der Waals surface area contributed by atoms with Crippen LogP contribution in [0.2, 0.25) is 0 Å². The monoisotopic (exact) mass is 976 g/mol. The molecule has 8 heteroatoms. The first kappa shape index (κ1) is 42.0. The summed E-state index contributed by atoms with van der Waals surface area (Å²) in [6.45, 7) is 15.6. The Morgan fingerprint density at radius 3 is 2.04 bits per heavy atom. The quantitative estimate of drug-likeness (QED) is 0.171. The third-order valence-corrected chi connectivity index (χ3v) is 13.0. The fourth-order valence-electron chi connectivity index (χ4n) is 8.05. The minimum absolute atomic E-state index is 0. The fourth-order valence-corrected chi connectivity index (χ4v) is 10.3. The molecule has 4 aromatic carbocycles. The van der Waals surface area contributed by atoms with E-state index in [0.29, 0.717) is 0 Å². The summed E-state index contributed by atoms with van der Waals surface area (Å²) in [6, 6.07) is 34.7. The zero-order chi connectivity index (χ0) is 36.6. The predicted molar refractivity (Wildman–Crippen MR) is 226 cm³/mol. The van der Waals surface area contributed by atoms with Crippen molar-refractivity contribution in [2.75, 3.05) is 30.4 Å². The van der Waals surface area contributed by atoms with Gasteiger partial charge in [0.05, 0.1) is 16.1 Å². The van der Waals surface area contributed by atoms with Crippen molar-refractivity contribution < 1.29 is 57.1 Å². The molecule has 0 radical (unpaired) electrons. The van der Waals surface area contributed by atoms with Gasteiger partial charge < -0.3 is 57.8 Å². The Labute approximate surface area is 364 Å². The van der Waals surface area contributed by atoms with E-state index in [0.717, 1.165) is 13.1 Å². The van der Waals surface area contributed by atoms with Crippen molar-refractivity contribution in [3.8, 4) is 0 Å². The van der Waals surface area contributed by atoms with Crippen molar-refractivity contribution in [3.63, 3.8) is 0 Å². The highest BCUT2D eigenvalue weighted by molar-refractivity contribution is 8.03. The zero-order valence-corrected chi connectivity index (χ0v) is 38.4. The Morgan fingerprint density at radius 2 is 1.33 bits per heavy atom. The molecule has 0 saturated carbocycles. The van der Waals surface area contributed by atoms with Crippen molar-refractivity contribution in [2.24, 2.45) is 0 Å². The summed E-state index contributed by atoms with van der Waals surface area (Å²) in [6.07, 6.45) is 13.4. The van der Waals surface area contributed by atoms with E-state index in [1.807, 2.05) is 23.1 Å². The Bertz CT molecular complexity index is 2310. The average molecular weight is 977 g/mol. The topological polar surface area (TPSA) is 13.4 Å². The van der Waals surface area contributed by atoms with Gasteiger partial charge in [0.1, 0.15) is 18.3 Å². The maximum absolute atomic E-state index is 2.38. The second-order valence-corrected chi connectivity index (χ2v) is 16.7. The van der Waals surface area contributed by atoms with Crippen LogP contribution in [0.25, 0.3) is 16.3 Å². The number of likely N-dealkylation sites (N-methyl/N-ethyl adjacent to an activating group) is 1. The van der Waals surface area contributed by atoms with E-state index in [1.165, 1.54) is 64.7 Å². The summed E-state index contributed by atoms with van der Waals surface area (Å²) >= 11 is 3.70. The van der Waals surface area contributed by atoms with Gasteiger partial charge in [-0.2, -0.15) is 9.14 Å². The lowest BCUT2D eigenvalue weighted by Crippen LogP contribution is -3.00. The van der Waals surface area contributed by atoms with Gasteiger partial charge in [0.15, 0.2) is 5.71 Å². The first-order valence-corrected chi connectivity index (χ1v) is 20.0. The maximum atomic E-state index is 2.38. The number of para-hydroxylation sites is 4. The van der Waals surface area contributed by atoms with Gasteiger partial charge in [0, 0.05) is 65.1 Å². The molecule has 4 nitrogen and oxygen atoms in total. The maximum Gasteiger partial charge on any atom is 0.262 e. The van der Waals surface area contributed by atoms with E-state index in [9.17, 15) is 0 Å². The van der Waals surface area contributed by atoms with Crippen LogP contribution in [0.3, 0.4) is 0 Å². The van der Waals surface area contributed by atoms with Crippen molar-refractivity contribution >= 4 is 62.2 Å². The van der Waals surface area contributed by atoms with E-state index < -0.39 is 0 Å². The molecule has 0 aliphatic carbocycles. The molecule has 0 saturated heterocycles. The summed E-state index contributed by atoms with van der Waals surface area (Å²) in [5, 5.41) is 2.59. The van der Waals surface area contributed by atoms with E-state index in [1.54, 1.807) is 0 Å². The lowest BCUT2D eigenvalue weighted by atomic mass is 9.81. The molecule has 54 heavy (non-hydrogen) atoms. The average Bonchev–Trinajstić information content (AvgIpc) is 3.81. The first-order valence-electron chi connectivity index (χ1n) is 18.3. The summed E-state index contributed by atoms with van der Waals surface area (Å²) in [5.41, 5.74) is 10.7. The first-order chi connectivity index (χ1) is 25.1. The van der Waals surface area contributed by atoms with Crippen LogP contribution in [0.1, 0.15) is 57.7 Å². The molecule has 0 amide bonds. The summed E-state index contributed by atoms with van der Waals surface area (Å²) < 4.78 is 6.04. The number of aromatic nitrogens is 1. The minimum atomic E-state index is 0. The lowest BCUT2D eigenvalue weighted by molar-refractivity contribution is -0.665. The number of fused-ring (bicyclic) bond motifs is 4. The molecule has 0 unspecified atom stereocenters. The SMILES string of the molecule is CCN1C(=CC=Cc2sc3ccccc3[n+]2CC)Sc2ccccc21.CN1C(=CC=CC2=[N+](C)c3ccccc3C2(C)C)C(C)(C)c2ccccc21.[I-].[I-]. The van der Waals surface area contributed by atoms with Gasteiger partial charge in [-0.15, -0.1) is 0 Å². The Morgan fingerprint density at radius 1 is 0.704 bits per heavy atom. The van der Waals surface area contributed by atoms with Crippen molar-refractivity contribution in [1.29, 1.82) is 0 Å². The number of allylic oxidation sites excluding steroid dienone is 6. The van der Waals surface area contributed by atoms with Crippen LogP contribution in [0.5, 0.6) is 0 Å². The second kappa shape index (κ2) is 17.3. The molecule has 0 spiro atoms. The van der Waals surface area contributed by atoms with Crippen LogP contribution in [-0.2, 0) is 17.4 Å². The highest BCUT2D eigenvalue weighted by Gasteiger charge is 2.43. The number of hydrogen-bond acceptors (Lipinski definition) is 4. The number of aryl methyl sites for hydroxylation is 1. The molecule has 5 aromatic rings. The number of thiazole rings is 1. The van der Waals surface area contributed by atoms with E-state index in [2.05, 4.69) is 208 Å². The van der Waals surface area contributed by atoms with Crippen LogP contribution in [-0.4, -0.2) is 30.9 Å². The Kier molecular flexibility index (Phi) is 13.4. The predicted octanol–water partition coefficient (Wildman–Crippen LogP) is 5.26. The zero-order valence-electron chi connectivity index (χ0n) is 32.5. The largest absolute Gasteiger partial charge is 1.00 e. The minimum Gasteiger partial charge on any atom is -1.00 e. The Hall–Kier alpha value is -3.19. The highest BCUT2D eigenvalue weighted by atomic mass is 127. The number of anilines is 2. The lowest BCUT2D eigenvalue weighted by Gasteiger charge is -2.23. The van der Waals surface area contributed by atoms with Crippen LogP contribution in [0.15, 0.2) is 143 Å². The molecule has 4 heterocycles. The second-order valence-electron chi connectivity index (χ2n) is 14.5. The molecular formula is C46H50I2N4S2. The molecule has 0 fully saturated rings. The molecule has 8 rings (SSSR count). The number of nitrogens with zero attached hydrogens (tertiary/aromatic N) is 4. The number of thioether (sulfide) groups is 1. The van der Waals surface area contributed by atoms with E-state index >= 15 is 0 Å². The molecule has 0 bridgehead atoms. The molecule has 3 aliphatic rings. The van der Waals surface area contributed by atoms with Gasteiger partial charge in [-0.1, -0.05) is 110 Å². The Balaban J connectivity index is 0.000000201. The van der Waals surface area contributed by atoms with Crippen LogP contribution < -0.4 is 62.3 Å². The van der Waals surface area contributed by atoms with Gasteiger partial charge in [0.2, 0.25) is 11.2 Å². The molecular weight excluding hydrogens is 926 g/mol. The van der Waals surface area contributed by atoms with E-state index in [-0.39, 0.29) is 58.8 Å². The summed E-state index contributed by atoms with van der Waals surface area (Å²) in [5.74, 6) is 0. The van der Waals surface area contributed by atoms with Crippen molar-refractivity contribution in [3.05, 3.63) is 154 Å². The molecule has 0 N–H and O–H groups in total. The number of halogens is 2.